The lowest BCUT2D eigenvalue weighted by Gasteiger charge is -2.32. The third-order valence-electron chi connectivity index (χ3n) is 5.92. The SMILES string of the molecule is CCOC(=O)COc1ccc(C2CCNCC2OCc2ccc3ccccc3c2)cc1.O=C(O)C(F)(F)F. The maximum atomic E-state index is 11.5. The van der Waals surface area contributed by atoms with Gasteiger partial charge >= 0.3 is 18.1 Å². The highest BCUT2D eigenvalue weighted by molar-refractivity contribution is 5.82. The summed E-state index contributed by atoms with van der Waals surface area (Å²) in [4.78, 5) is 20.4. The van der Waals surface area contributed by atoms with Crippen molar-refractivity contribution in [2.75, 3.05) is 26.3 Å². The van der Waals surface area contributed by atoms with Gasteiger partial charge in [-0.2, -0.15) is 13.2 Å². The van der Waals surface area contributed by atoms with Crippen molar-refractivity contribution in [1.82, 2.24) is 5.32 Å². The van der Waals surface area contributed by atoms with Crippen molar-refractivity contribution >= 4 is 22.7 Å². The normalized spacial score (nSPS) is 17.3. The Morgan fingerprint density at radius 1 is 1.03 bits per heavy atom. The van der Waals surface area contributed by atoms with E-state index >= 15 is 0 Å². The zero-order valence-corrected chi connectivity index (χ0v) is 20.9. The summed E-state index contributed by atoms with van der Waals surface area (Å²) in [6.07, 6.45) is -3.96. The Bertz CT molecular complexity index is 1200. The van der Waals surface area contributed by atoms with Crippen LogP contribution >= 0.6 is 0 Å². The molecule has 2 N–H and O–H groups in total. The van der Waals surface area contributed by atoms with Crippen molar-refractivity contribution in [1.29, 1.82) is 0 Å². The molecule has 1 saturated heterocycles. The molecule has 4 rings (SSSR count). The first kappa shape index (κ1) is 28.9. The lowest BCUT2D eigenvalue weighted by atomic mass is 9.87. The summed E-state index contributed by atoms with van der Waals surface area (Å²) >= 11 is 0. The van der Waals surface area contributed by atoms with Crippen LogP contribution in [0, 0.1) is 0 Å². The van der Waals surface area contributed by atoms with E-state index in [1.165, 1.54) is 21.9 Å². The van der Waals surface area contributed by atoms with Crippen molar-refractivity contribution in [3.8, 4) is 5.75 Å². The number of piperidine rings is 1. The highest BCUT2D eigenvalue weighted by atomic mass is 19.4. The second-order valence-corrected chi connectivity index (χ2v) is 8.60. The molecule has 1 aliphatic heterocycles. The number of hydrogen-bond donors (Lipinski definition) is 2. The van der Waals surface area contributed by atoms with E-state index in [1.54, 1.807) is 6.92 Å². The molecular weight excluding hydrogens is 503 g/mol. The Balaban J connectivity index is 0.000000505. The molecule has 10 heteroatoms. The van der Waals surface area contributed by atoms with Gasteiger partial charge in [0.1, 0.15) is 5.75 Å². The predicted octanol–water partition coefficient (Wildman–Crippen LogP) is 5.08. The average molecular weight is 534 g/mol. The lowest BCUT2D eigenvalue weighted by Crippen LogP contribution is -2.40. The maximum Gasteiger partial charge on any atom is 0.490 e. The van der Waals surface area contributed by atoms with Crippen LogP contribution in [-0.2, 0) is 25.7 Å². The fourth-order valence-electron chi connectivity index (χ4n) is 4.07. The Morgan fingerprint density at radius 2 is 1.71 bits per heavy atom. The van der Waals surface area contributed by atoms with Gasteiger partial charge in [-0.1, -0.05) is 48.5 Å². The average Bonchev–Trinajstić information content (AvgIpc) is 2.91. The number of fused-ring (bicyclic) bond motifs is 1. The molecule has 0 saturated carbocycles. The minimum absolute atomic E-state index is 0.0714. The smallest absolute Gasteiger partial charge is 0.482 e. The largest absolute Gasteiger partial charge is 0.490 e. The number of carboxylic acids is 1. The van der Waals surface area contributed by atoms with Gasteiger partial charge in [-0.25, -0.2) is 9.59 Å². The third kappa shape index (κ3) is 8.74. The molecule has 204 valence electrons. The van der Waals surface area contributed by atoms with E-state index in [9.17, 15) is 18.0 Å². The predicted molar refractivity (Wildman–Crippen MR) is 135 cm³/mol. The van der Waals surface area contributed by atoms with Crippen LogP contribution in [0.1, 0.15) is 30.4 Å². The van der Waals surface area contributed by atoms with Crippen molar-refractivity contribution in [3.63, 3.8) is 0 Å². The molecule has 38 heavy (non-hydrogen) atoms. The molecule has 0 bridgehead atoms. The molecule has 7 nitrogen and oxygen atoms in total. The van der Waals surface area contributed by atoms with E-state index in [0.717, 1.165) is 19.5 Å². The number of esters is 1. The van der Waals surface area contributed by atoms with Gasteiger partial charge in [-0.05, 0) is 60.0 Å². The van der Waals surface area contributed by atoms with Gasteiger partial charge in [0.05, 0.1) is 19.3 Å². The monoisotopic (exact) mass is 533 g/mol. The van der Waals surface area contributed by atoms with Gasteiger partial charge in [-0.3, -0.25) is 0 Å². The number of ether oxygens (including phenoxy) is 3. The Kier molecular flexibility index (Phi) is 10.5. The van der Waals surface area contributed by atoms with Gasteiger partial charge in [0.2, 0.25) is 0 Å². The highest BCUT2D eigenvalue weighted by Crippen LogP contribution is 2.30. The first-order chi connectivity index (χ1) is 18.2. The molecule has 0 aliphatic carbocycles. The van der Waals surface area contributed by atoms with Gasteiger partial charge in [-0.15, -0.1) is 0 Å². The molecular formula is C28H30F3NO6. The number of nitrogens with one attached hydrogen (secondary N) is 1. The summed E-state index contributed by atoms with van der Waals surface area (Å²) in [6, 6.07) is 22.9. The van der Waals surface area contributed by atoms with Crippen LogP contribution in [-0.4, -0.2) is 55.6 Å². The molecule has 2 atom stereocenters. The number of hydrogen-bond acceptors (Lipinski definition) is 6. The van der Waals surface area contributed by atoms with E-state index in [2.05, 4.69) is 59.9 Å². The first-order valence-corrected chi connectivity index (χ1v) is 12.2. The summed E-state index contributed by atoms with van der Waals surface area (Å²) in [5.41, 5.74) is 2.42. The minimum atomic E-state index is -5.08. The Morgan fingerprint density at radius 3 is 2.37 bits per heavy atom. The number of carbonyl (C=O) groups excluding carboxylic acids is 1. The molecule has 1 aliphatic rings. The summed E-state index contributed by atoms with van der Waals surface area (Å²) in [7, 11) is 0. The fourth-order valence-corrected chi connectivity index (χ4v) is 4.07. The number of rotatable bonds is 8. The summed E-state index contributed by atoms with van der Waals surface area (Å²) < 4.78 is 48.5. The zero-order chi connectivity index (χ0) is 27.5. The Labute approximate surface area is 218 Å². The maximum absolute atomic E-state index is 11.5. The first-order valence-electron chi connectivity index (χ1n) is 12.2. The van der Waals surface area contributed by atoms with Crippen LogP contribution in [0.2, 0.25) is 0 Å². The zero-order valence-electron chi connectivity index (χ0n) is 20.9. The van der Waals surface area contributed by atoms with E-state index in [0.29, 0.717) is 24.9 Å². The number of halogens is 3. The summed E-state index contributed by atoms with van der Waals surface area (Å²) in [6.45, 7) is 4.47. The quantitative estimate of drug-likeness (QED) is 0.390. The lowest BCUT2D eigenvalue weighted by molar-refractivity contribution is -0.192. The van der Waals surface area contributed by atoms with E-state index in [1.807, 2.05) is 12.1 Å². The number of carbonyl (C=O) groups is 2. The van der Waals surface area contributed by atoms with E-state index < -0.39 is 12.1 Å². The van der Waals surface area contributed by atoms with Gasteiger partial charge in [0.25, 0.3) is 0 Å². The van der Waals surface area contributed by atoms with Gasteiger partial charge in [0, 0.05) is 12.5 Å². The van der Waals surface area contributed by atoms with Crippen LogP contribution in [0.3, 0.4) is 0 Å². The van der Waals surface area contributed by atoms with Gasteiger partial charge < -0.3 is 24.6 Å². The van der Waals surface area contributed by atoms with Crippen molar-refractivity contribution in [3.05, 3.63) is 77.9 Å². The molecule has 0 amide bonds. The van der Waals surface area contributed by atoms with E-state index in [-0.39, 0.29) is 18.7 Å². The Hall–Kier alpha value is -3.63. The van der Waals surface area contributed by atoms with Crippen LogP contribution in [0.15, 0.2) is 66.7 Å². The van der Waals surface area contributed by atoms with Crippen molar-refractivity contribution < 1.29 is 42.1 Å². The number of benzene rings is 3. The summed E-state index contributed by atoms with van der Waals surface area (Å²) in [5.74, 6) is -2.13. The number of aliphatic carboxylic acids is 1. The third-order valence-corrected chi connectivity index (χ3v) is 5.92. The molecule has 0 radical (unpaired) electrons. The highest BCUT2D eigenvalue weighted by Gasteiger charge is 2.38. The second-order valence-electron chi connectivity index (χ2n) is 8.60. The number of alkyl halides is 3. The van der Waals surface area contributed by atoms with E-state index in [4.69, 9.17) is 24.1 Å². The molecule has 0 aromatic heterocycles. The van der Waals surface area contributed by atoms with Crippen molar-refractivity contribution in [2.24, 2.45) is 0 Å². The van der Waals surface area contributed by atoms with Gasteiger partial charge in [0.15, 0.2) is 6.61 Å². The van der Waals surface area contributed by atoms with Crippen LogP contribution in [0.4, 0.5) is 13.2 Å². The minimum Gasteiger partial charge on any atom is -0.482 e. The van der Waals surface area contributed by atoms with Crippen LogP contribution < -0.4 is 10.1 Å². The molecule has 3 aromatic carbocycles. The molecule has 2 unspecified atom stereocenters. The van der Waals surface area contributed by atoms with Crippen LogP contribution in [0.5, 0.6) is 5.75 Å². The van der Waals surface area contributed by atoms with Crippen molar-refractivity contribution in [2.45, 2.75) is 38.1 Å². The molecule has 1 fully saturated rings. The standard InChI is InChI=1S/C26H29NO4.C2HF3O2/c1-2-29-26(28)18-30-23-11-9-21(10-12-23)24-13-14-27-16-25(24)31-17-19-7-8-20-5-3-4-6-22(20)15-19;3-2(4,5)1(6)7/h3-12,15,24-25,27H,2,13-14,16-18H2,1H3;(H,6,7). The fraction of sp³-hybridized carbons (Fsp3) is 0.357. The summed E-state index contributed by atoms with van der Waals surface area (Å²) in [5, 5.41) is 13.1. The topological polar surface area (TPSA) is 94.1 Å². The molecule has 3 aromatic rings. The molecule has 0 spiro atoms. The molecule has 1 heterocycles. The van der Waals surface area contributed by atoms with Crippen LogP contribution in [0.25, 0.3) is 10.8 Å². The number of carboxylic acid groups (broad SMARTS) is 1. The second kappa shape index (κ2) is 13.8.